The van der Waals surface area contributed by atoms with Gasteiger partial charge in [0.25, 0.3) is 0 Å². The zero-order chi connectivity index (χ0) is 17.1. The lowest BCUT2D eigenvalue weighted by Crippen LogP contribution is -2.45. The third kappa shape index (κ3) is 4.71. The van der Waals surface area contributed by atoms with E-state index in [2.05, 4.69) is 41.2 Å². The molecule has 140 valence electrons. The van der Waals surface area contributed by atoms with E-state index in [1.807, 2.05) is 7.05 Å². The molecular weight excluding hydrogens is 429 g/mol. The molecule has 1 aromatic carbocycles. The molecular formula is C19H30IN3O2. The molecule has 2 aliphatic rings. The van der Waals surface area contributed by atoms with Gasteiger partial charge in [0.15, 0.2) is 5.96 Å². The number of hydrogen-bond acceptors (Lipinski definition) is 3. The summed E-state index contributed by atoms with van der Waals surface area (Å²) in [6.07, 6.45) is 3.66. The van der Waals surface area contributed by atoms with Crippen LogP contribution in [-0.2, 0) is 13.0 Å². The van der Waals surface area contributed by atoms with Crippen LogP contribution in [0.25, 0.3) is 0 Å². The summed E-state index contributed by atoms with van der Waals surface area (Å²) >= 11 is 0. The number of likely N-dealkylation sites (tertiary alicyclic amines) is 1. The summed E-state index contributed by atoms with van der Waals surface area (Å²) in [6.45, 7) is 7.26. The molecule has 3 rings (SSSR count). The van der Waals surface area contributed by atoms with Crippen LogP contribution in [-0.4, -0.2) is 44.2 Å². The third-order valence-electron chi connectivity index (χ3n) is 5.03. The van der Waals surface area contributed by atoms with Gasteiger partial charge in [0.1, 0.15) is 17.6 Å². The zero-order valence-electron chi connectivity index (χ0n) is 15.7. The molecule has 0 radical (unpaired) electrons. The molecule has 2 aliphatic heterocycles. The first-order valence-electron chi connectivity index (χ1n) is 8.92. The molecule has 0 aliphatic carbocycles. The van der Waals surface area contributed by atoms with E-state index in [-0.39, 0.29) is 30.1 Å². The molecule has 1 aromatic rings. The molecule has 1 N–H and O–H groups in total. The van der Waals surface area contributed by atoms with E-state index in [0.717, 1.165) is 48.5 Å². The Balaban J connectivity index is 0.00000225. The topological polar surface area (TPSA) is 46.1 Å². The molecule has 0 amide bonds. The quantitative estimate of drug-likeness (QED) is 0.428. The fourth-order valence-corrected chi connectivity index (χ4v) is 3.54. The number of nitrogens with zero attached hydrogens (tertiary/aromatic N) is 2. The molecule has 0 spiro atoms. The molecule has 25 heavy (non-hydrogen) atoms. The number of nitrogens with one attached hydrogen (secondary N) is 1. The van der Waals surface area contributed by atoms with Gasteiger partial charge in [0.2, 0.25) is 0 Å². The molecule has 2 heterocycles. The predicted octanol–water partition coefficient (Wildman–Crippen LogP) is 3.44. The zero-order valence-corrected chi connectivity index (χ0v) is 18.0. The SMILES string of the molecule is CN=C(NCc1cc2c(cc1OC)CC(C)O2)N1CCC(C)CC1.I. The van der Waals surface area contributed by atoms with Crippen LogP contribution in [0, 0.1) is 5.92 Å². The number of hydrogen-bond donors (Lipinski definition) is 1. The standard InChI is InChI=1S/C19H29N3O2.HI/c1-13-5-7-22(8-6-13)19(20-3)21-12-16-11-18-15(9-14(2)24-18)10-17(16)23-4;/h10-11,13-14H,5-9,12H2,1-4H3,(H,20,21);1H. The number of ether oxygens (including phenoxy) is 2. The Bertz CT molecular complexity index is 613. The summed E-state index contributed by atoms with van der Waals surface area (Å²) in [5.41, 5.74) is 2.34. The van der Waals surface area contributed by atoms with Crippen LogP contribution in [0.4, 0.5) is 0 Å². The van der Waals surface area contributed by atoms with Crippen LogP contribution in [0.3, 0.4) is 0 Å². The lowest BCUT2D eigenvalue weighted by atomic mass is 9.99. The third-order valence-corrected chi connectivity index (χ3v) is 5.03. The van der Waals surface area contributed by atoms with Crippen molar-refractivity contribution < 1.29 is 9.47 Å². The van der Waals surface area contributed by atoms with Crippen LogP contribution in [0.2, 0.25) is 0 Å². The number of halogens is 1. The maximum absolute atomic E-state index is 5.88. The minimum absolute atomic E-state index is 0. The Morgan fingerprint density at radius 2 is 2.04 bits per heavy atom. The Morgan fingerprint density at radius 1 is 1.32 bits per heavy atom. The minimum atomic E-state index is 0. The molecule has 0 bridgehead atoms. The number of fused-ring (bicyclic) bond motifs is 1. The van der Waals surface area contributed by atoms with Crippen LogP contribution < -0.4 is 14.8 Å². The Kier molecular flexibility index (Phi) is 7.22. The summed E-state index contributed by atoms with van der Waals surface area (Å²) in [5, 5.41) is 3.49. The monoisotopic (exact) mass is 459 g/mol. The van der Waals surface area contributed by atoms with E-state index >= 15 is 0 Å². The second-order valence-electron chi connectivity index (χ2n) is 6.97. The van der Waals surface area contributed by atoms with Crippen molar-refractivity contribution in [1.82, 2.24) is 10.2 Å². The van der Waals surface area contributed by atoms with Crippen molar-refractivity contribution in [3.63, 3.8) is 0 Å². The molecule has 0 saturated carbocycles. The molecule has 1 fully saturated rings. The van der Waals surface area contributed by atoms with E-state index in [1.165, 1.54) is 18.4 Å². The van der Waals surface area contributed by atoms with E-state index in [0.29, 0.717) is 6.54 Å². The van der Waals surface area contributed by atoms with Gasteiger partial charge in [-0.2, -0.15) is 0 Å². The number of guanidine groups is 1. The molecule has 1 unspecified atom stereocenters. The first kappa shape index (κ1) is 20.1. The lowest BCUT2D eigenvalue weighted by molar-refractivity contribution is 0.254. The first-order chi connectivity index (χ1) is 11.6. The molecule has 5 nitrogen and oxygen atoms in total. The number of benzene rings is 1. The van der Waals surface area contributed by atoms with Crippen molar-refractivity contribution in [2.24, 2.45) is 10.9 Å². The van der Waals surface area contributed by atoms with Crippen LogP contribution >= 0.6 is 24.0 Å². The summed E-state index contributed by atoms with van der Waals surface area (Å²) < 4.78 is 11.5. The molecule has 6 heteroatoms. The highest BCUT2D eigenvalue weighted by Gasteiger charge is 2.22. The number of piperidine rings is 1. The van der Waals surface area contributed by atoms with Crippen molar-refractivity contribution in [2.75, 3.05) is 27.2 Å². The first-order valence-corrected chi connectivity index (χ1v) is 8.92. The fourth-order valence-electron chi connectivity index (χ4n) is 3.54. The van der Waals surface area contributed by atoms with Crippen molar-refractivity contribution in [3.8, 4) is 11.5 Å². The van der Waals surface area contributed by atoms with Crippen LogP contribution in [0.15, 0.2) is 17.1 Å². The van der Waals surface area contributed by atoms with Crippen molar-refractivity contribution in [2.45, 2.75) is 45.8 Å². The van der Waals surface area contributed by atoms with Gasteiger partial charge in [-0.15, -0.1) is 24.0 Å². The highest BCUT2D eigenvalue weighted by atomic mass is 127. The number of aliphatic imine (C=N–C) groups is 1. The maximum Gasteiger partial charge on any atom is 0.193 e. The predicted molar refractivity (Wildman–Crippen MR) is 112 cm³/mol. The van der Waals surface area contributed by atoms with Gasteiger partial charge >= 0.3 is 0 Å². The van der Waals surface area contributed by atoms with Crippen molar-refractivity contribution in [1.29, 1.82) is 0 Å². The highest BCUT2D eigenvalue weighted by molar-refractivity contribution is 14.0. The van der Waals surface area contributed by atoms with Crippen LogP contribution in [0.1, 0.15) is 37.8 Å². The Morgan fingerprint density at radius 3 is 2.68 bits per heavy atom. The van der Waals surface area contributed by atoms with Gasteiger partial charge in [-0.25, -0.2) is 0 Å². The highest BCUT2D eigenvalue weighted by Crippen LogP contribution is 2.34. The van der Waals surface area contributed by atoms with Gasteiger partial charge in [-0.1, -0.05) is 6.92 Å². The van der Waals surface area contributed by atoms with E-state index in [9.17, 15) is 0 Å². The average molecular weight is 459 g/mol. The fraction of sp³-hybridized carbons (Fsp3) is 0.632. The van der Waals surface area contributed by atoms with Crippen molar-refractivity contribution in [3.05, 3.63) is 23.3 Å². The summed E-state index contributed by atoms with van der Waals surface area (Å²) in [4.78, 5) is 6.80. The van der Waals surface area contributed by atoms with Crippen molar-refractivity contribution >= 4 is 29.9 Å². The van der Waals surface area contributed by atoms with Gasteiger partial charge in [-0.05, 0) is 37.8 Å². The second kappa shape index (κ2) is 8.96. The van der Waals surface area contributed by atoms with Gasteiger partial charge in [0, 0.05) is 44.2 Å². The number of methoxy groups -OCH3 is 1. The average Bonchev–Trinajstić information content (AvgIpc) is 2.95. The van der Waals surface area contributed by atoms with Gasteiger partial charge in [0.05, 0.1) is 7.11 Å². The van der Waals surface area contributed by atoms with Gasteiger partial charge < -0.3 is 19.7 Å². The maximum atomic E-state index is 5.88. The van der Waals surface area contributed by atoms with E-state index in [1.54, 1.807) is 7.11 Å². The van der Waals surface area contributed by atoms with Crippen LogP contribution in [0.5, 0.6) is 11.5 Å². The molecule has 1 saturated heterocycles. The lowest BCUT2D eigenvalue weighted by Gasteiger charge is -2.33. The minimum Gasteiger partial charge on any atom is -0.496 e. The molecule has 0 aromatic heterocycles. The Labute approximate surface area is 168 Å². The summed E-state index contributed by atoms with van der Waals surface area (Å²) in [5.74, 6) is 3.69. The smallest absolute Gasteiger partial charge is 0.193 e. The normalized spacial score (nSPS) is 20.6. The summed E-state index contributed by atoms with van der Waals surface area (Å²) in [6, 6.07) is 4.22. The largest absolute Gasteiger partial charge is 0.496 e. The van der Waals surface area contributed by atoms with E-state index < -0.39 is 0 Å². The summed E-state index contributed by atoms with van der Waals surface area (Å²) in [7, 11) is 3.58. The Hall–Kier alpha value is -1.18. The second-order valence-corrected chi connectivity index (χ2v) is 6.97. The number of rotatable bonds is 3. The molecule has 1 atom stereocenters. The van der Waals surface area contributed by atoms with E-state index in [4.69, 9.17) is 9.47 Å². The van der Waals surface area contributed by atoms with Gasteiger partial charge in [-0.3, -0.25) is 4.99 Å².